The van der Waals surface area contributed by atoms with Crippen molar-refractivity contribution in [2.24, 2.45) is 0 Å². The zero-order valence-electron chi connectivity index (χ0n) is 10.0. The molecule has 1 aromatic rings. The molecule has 18 heavy (non-hydrogen) atoms. The Morgan fingerprint density at radius 2 is 2.33 bits per heavy atom. The van der Waals surface area contributed by atoms with E-state index in [-0.39, 0.29) is 18.6 Å². The van der Waals surface area contributed by atoms with Crippen molar-refractivity contribution in [1.82, 2.24) is 4.90 Å². The van der Waals surface area contributed by atoms with Gasteiger partial charge in [0.1, 0.15) is 5.76 Å². The normalized spacial score (nSPS) is 15.9. The van der Waals surface area contributed by atoms with Crippen LogP contribution in [0.1, 0.15) is 25.0 Å². The van der Waals surface area contributed by atoms with Gasteiger partial charge in [0.05, 0.1) is 6.61 Å². The van der Waals surface area contributed by atoms with Crippen molar-refractivity contribution < 1.29 is 14.3 Å². The lowest BCUT2D eigenvalue weighted by molar-refractivity contribution is -0.130. The first-order chi connectivity index (χ1) is 8.70. The number of hydrogen-bond donors (Lipinski definition) is 1. The van der Waals surface area contributed by atoms with Gasteiger partial charge >= 0.3 is 0 Å². The second-order valence-corrected chi connectivity index (χ2v) is 5.10. The molecule has 2 rings (SSSR count). The average Bonchev–Trinajstić information content (AvgIpc) is 2.69. The van der Waals surface area contributed by atoms with Crippen molar-refractivity contribution in [3.63, 3.8) is 0 Å². The van der Waals surface area contributed by atoms with Crippen LogP contribution in [-0.2, 0) is 4.79 Å². The molecule has 0 spiro atoms. The lowest BCUT2D eigenvalue weighted by Gasteiger charge is -2.36. The predicted octanol–water partition coefficient (Wildman–Crippen LogP) is 2.43. The second-order valence-electron chi connectivity index (χ2n) is 4.32. The number of furan rings is 1. The van der Waals surface area contributed by atoms with Crippen molar-refractivity contribution >= 4 is 27.9 Å². The molecular formula is C13H16BrNO3. The molecule has 0 atom stereocenters. The van der Waals surface area contributed by atoms with Crippen LogP contribution in [0.2, 0.25) is 0 Å². The summed E-state index contributed by atoms with van der Waals surface area (Å²) >= 11 is 3.21. The Kier molecular flexibility index (Phi) is 4.60. The highest BCUT2D eigenvalue weighted by Gasteiger charge is 2.26. The number of aliphatic hydroxyl groups is 1. The van der Waals surface area contributed by atoms with Crippen LogP contribution in [-0.4, -0.2) is 35.1 Å². The largest absolute Gasteiger partial charge is 0.450 e. The van der Waals surface area contributed by atoms with Gasteiger partial charge in [-0.25, -0.2) is 0 Å². The minimum absolute atomic E-state index is 0.00236. The van der Waals surface area contributed by atoms with E-state index in [9.17, 15) is 4.79 Å². The SMILES string of the molecule is O=C(/C=C/c1ccc(Br)o1)N(CCO)C1CCC1. The Morgan fingerprint density at radius 3 is 2.83 bits per heavy atom. The smallest absolute Gasteiger partial charge is 0.247 e. The summed E-state index contributed by atoms with van der Waals surface area (Å²) in [6.07, 6.45) is 6.38. The number of carbonyl (C=O) groups excluding carboxylic acids is 1. The number of hydrogen-bond acceptors (Lipinski definition) is 3. The summed E-state index contributed by atoms with van der Waals surface area (Å²) in [5, 5.41) is 9.00. The zero-order chi connectivity index (χ0) is 13.0. The van der Waals surface area contributed by atoms with Gasteiger partial charge in [-0.05, 0) is 53.4 Å². The molecule has 1 saturated carbocycles. The maximum Gasteiger partial charge on any atom is 0.247 e. The Labute approximate surface area is 114 Å². The fourth-order valence-corrected chi connectivity index (χ4v) is 2.26. The summed E-state index contributed by atoms with van der Waals surface area (Å²) in [5.74, 6) is 0.564. The molecule has 98 valence electrons. The molecule has 0 bridgehead atoms. The number of nitrogens with zero attached hydrogens (tertiary/aromatic N) is 1. The van der Waals surface area contributed by atoms with Crippen molar-refractivity contribution in [2.45, 2.75) is 25.3 Å². The van der Waals surface area contributed by atoms with Gasteiger partial charge in [0.15, 0.2) is 4.67 Å². The Bertz CT molecular complexity index is 437. The van der Waals surface area contributed by atoms with E-state index < -0.39 is 0 Å². The molecule has 1 amide bonds. The number of rotatable bonds is 5. The molecule has 1 heterocycles. The van der Waals surface area contributed by atoms with Crippen molar-refractivity contribution in [3.8, 4) is 0 Å². The maximum absolute atomic E-state index is 12.0. The summed E-state index contributed by atoms with van der Waals surface area (Å²) in [5.41, 5.74) is 0. The molecule has 1 N–H and O–H groups in total. The van der Waals surface area contributed by atoms with Crippen molar-refractivity contribution in [1.29, 1.82) is 0 Å². The van der Waals surface area contributed by atoms with Crippen LogP contribution in [0.4, 0.5) is 0 Å². The van der Waals surface area contributed by atoms with E-state index in [4.69, 9.17) is 9.52 Å². The van der Waals surface area contributed by atoms with Crippen molar-refractivity contribution in [2.75, 3.05) is 13.2 Å². The third-order valence-corrected chi connectivity index (χ3v) is 3.55. The fraction of sp³-hybridized carbons (Fsp3) is 0.462. The van der Waals surface area contributed by atoms with E-state index in [1.165, 1.54) is 6.08 Å². The molecule has 0 unspecified atom stereocenters. The molecule has 1 fully saturated rings. The van der Waals surface area contributed by atoms with E-state index in [0.717, 1.165) is 19.3 Å². The fourth-order valence-electron chi connectivity index (χ4n) is 1.95. The van der Waals surface area contributed by atoms with Gasteiger partial charge < -0.3 is 14.4 Å². The van der Waals surface area contributed by atoms with E-state index >= 15 is 0 Å². The van der Waals surface area contributed by atoms with E-state index in [2.05, 4.69) is 15.9 Å². The Morgan fingerprint density at radius 1 is 1.56 bits per heavy atom. The van der Waals surface area contributed by atoms with Crippen LogP contribution >= 0.6 is 15.9 Å². The van der Waals surface area contributed by atoms with Crippen molar-refractivity contribution in [3.05, 3.63) is 28.6 Å². The van der Waals surface area contributed by atoms with E-state index in [1.807, 2.05) is 0 Å². The summed E-state index contributed by atoms with van der Waals surface area (Å²) in [6, 6.07) is 3.85. The van der Waals surface area contributed by atoms with Gasteiger partial charge in [-0.2, -0.15) is 0 Å². The topological polar surface area (TPSA) is 53.7 Å². The number of aliphatic hydroxyl groups excluding tert-OH is 1. The summed E-state index contributed by atoms with van der Waals surface area (Å²) in [4.78, 5) is 13.8. The molecule has 0 aliphatic heterocycles. The third-order valence-electron chi connectivity index (χ3n) is 3.12. The summed E-state index contributed by atoms with van der Waals surface area (Å²) in [7, 11) is 0. The monoisotopic (exact) mass is 313 g/mol. The molecule has 1 aromatic heterocycles. The van der Waals surface area contributed by atoms with E-state index in [1.54, 1.807) is 23.1 Å². The number of amides is 1. The van der Waals surface area contributed by atoms with Gasteiger partial charge in [-0.1, -0.05) is 0 Å². The molecule has 0 saturated heterocycles. The quantitative estimate of drug-likeness (QED) is 0.849. The second kappa shape index (κ2) is 6.20. The lowest BCUT2D eigenvalue weighted by atomic mass is 9.91. The lowest BCUT2D eigenvalue weighted by Crippen LogP contribution is -2.44. The first-order valence-corrected chi connectivity index (χ1v) is 6.85. The molecule has 1 aliphatic carbocycles. The first kappa shape index (κ1) is 13.4. The number of halogens is 1. The minimum atomic E-state index is -0.0683. The Balaban J connectivity index is 1.97. The minimum Gasteiger partial charge on any atom is -0.450 e. The van der Waals surface area contributed by atoms with Gasteiger partial charge in [0.25, 0.3) is 0 Å². The van der Waals surface area contributed by atoms with Crippen LogP contribution in [0.15, 0.2) is 27.3 Å². The molecule has 4 nitrogen and oxygen atoms in total. The van der Waals surface area contributed by atoms with E-state index in [0.29, 0.717) is 17.0 Å². The molecule has 1 aliphatic rings. The highest BCUT2D eigenvalue weighted by atomic mass is 79.9. The van der Waals surface area contributed by atoms with Gasteiger partial charge in [-0.3, -0.25) is 4.79 Å². The highest BCUT2D eigenvalue weighted by Crippen LogP contribution is 2.25. The van der Waals surface area contributed by atoms with Crippen LogP contribution in [0, 0.1) is 0 Å². The number of carbonyl (C=O) groups is 1. The molecule has 5 heteroatoms. The van der Waals surface area contributed by atoms with Gasteiger partial charge in [-0.15, -0.1) is 0 Å². The predicted molar refractivity (Wildman–Crippen MR) is 71.9 cm³/mol. The Hall–Kier alpha value is -1.07. The highest BCUT2D eigenvalue weighted by molar-refractivity contribution is 9.10. The van der Waals surface area contributed by atoms with Crippen LogP contribution < -0.4 is 0 Å². The van der Waals surface area contributed by atoms with Gasteiger partial charge in [0, 0.05) is 18.7 Å². The zero-order valence-corrected chi connectivity index (χ0v) is 11.6. The maximum atomic E-state index is 12.0. The van der Waals surface area contributed by atoms with Crippen LogP contribution in [0.3, 0.4) is 0 Å². The van der Waals surface area contributed by atoms with Crippen LogP contribution in [0.5, 0.6) is 0 Å². The van der Waals surface area contributed by atoms with Crippen LogP contribution in [0.25, 0.3) is 6.08 Å². The molecular weight excluding hydrogens is 298 g/mol. The standard InChI is InChI=1S/C13H16BrNO3/c14-12-6-4-11(18-12)5-7-13(17)15(8-9-16)10-2-1-3-10/h4-7,10,16H,1-3,8-9H2/b7-5+. The summed E-state index contributed by atoms with van der Waals surface area (Å²) < 4.78 is 5.92. The summed E-state index contributed by atoms with van der Waals surface area (Å²) in [6.45, 7) is 0.401. The average molecular weight is 314 g/mol. The first-order valence-electron chi connectivity index (χ1n) is 6.05. The third kappa shape index (κ3) is 3.23. The molecule has 0 radical (unpaired) electrons. The molecule has 0 aromatic carbocycles. The van der Waals surface area contributed by atoms with Gasteiger partial charge in [0.2, 0.25) is 5.91 Å².